The predicted octanol–water partition coefficient (Wildman–Crippen LogP) is 6.73. The summed E-state index contributed by atoms with van der Waals surface area (Å²) in [5, 5.41) is 0. The monoisotopic (exact) mass is 289 g/mol. The standard InChI is InChI=1S/C20H35N/c1-10-15(5)12-17(7)20(21-13-16(6)11-2)19(9)18(8)14(3)4/h12-15H,10-11H2,1-9H3/b16-13+,17-12-,19-18+,21-20+. The Labute approximate surface area is 132 Å². The fourth-order valence-corrected chi connectivity index (χ4v) is 2.00. The molecule has 0 saturated carbocycles. The number of hydrogen-bond acceptors (Lipinski definition) is 1. The minimum atomic E-state index is 0.558. The third kappa shape index (κ3) is 6.93. The zero-order valence-electron chi connectivity index (χ0n) is 15.7. The molecule has 0 rings (SSSR count). The van der Waals surface area contributed by atoms with Gasteiger partial charge in [0.25, 0.3) is 0 Å². The molecule has 1 unspecified atom stereocenters. The Kier molecular flexibility index (Phi) is 9.24. The van der Waals surface area contributed by atoms with E-state index in [0.717, 1.165) is 12.1 Å². The van der Waals surface area contributed by atoms with Crippen molar-refractivity contribution in [2.24, 2.45) is 16.8 Å². The molecule has 0 heterocycles. The second-order valence-electron chi connectivity index (χ2n) is 6.50. The summed E-state index contributed by atoms with van der Waals surface area (Å²) >= 11 is 0. The average molecular weight is 290 g/mol. The van der Waals surface area contributed by atoms with Crippen molar-refractivity contribution in [1.82, 2.24) is 0 Å². The number of allylic oxidation sites excluding steroid dienone is 5. The first-order valence-corrected chi connectivity index (χ1v) is 8.34. The molecule has 0 radical (unpaired) electrons. The number of hydrogen-bond donors (Lipinski definition) is 0. The topological polar surface area (TPSA) is 12.4 Å². The summed E-state index contributed by atoms with van der Waals surface area (Å²) in [4.78, 5) is 4.81. The van der Waals surface area contributed by atoms with Crippen LogP contribution in [0.3, 0.4) is 0 Å². The van der Waals surface area contributed by atoms with Crippen molar-refractivity contribution in [3.8, 4) is 0 Å². The number of rotatable bonds is 7. The quantitative estimate of drug-likeness (QED) is 0.461. The van der Waals surface area contributed by atoms with Crippen LogP contribution in [0.2, 0.25) is 0 Å². The fraction of sp³-hybridized carbons (Fsp3) is 0.650. The molecule has 1 atom stereocenters. The van der Waals surface area contributed by atoms with Gasteiger partial charge in [0.2, 0.25) is 0 Å². The summed E-state index contributed by atoms with van der Waals surface area (Å²) in [6.07, 6.45) is 6.60. The maximum Gasteiger partial charge on any atom is 0.0684 e. The van der Waals surface area contributed by atoms with Crippen molar-refractivity contribution in [2.45, 2.75) is 75.2 Å². The minimum Gasteiger partial charge on any atom is -0.256 e. The molecule has 0 N–H and O–H groups in total. The lowest BCUT2D eigenvalue weighted by atomic mass is 9.92. The molecule has 0 spiro atoms. The third-order valence-corrected chi connectivity index (χ3v) is 4.34. The SMILES string of the molecule is CC/C(C)=C/N=C(C(/C)=C\C(C)CC)/C(C)=C(\C)C(C)C. The summed E-state index contributed by atoms with van der Waals surface area (Å²) in [6.45, 7) is 19.9. The Hall–Kier alpha value is -1.11. The van der Waals surface area contributed by atoms with Gasteiger partial charge < -0.3 is 0 Å². The van der Waals surface area contributed by atoms with Crippen molar-refractivity contribution in [1.29, 1.82) is 0 Å². The second-order valence-corrected chi connectivity index (χ2v) is 6.50. The van der Waals surface area contributed by atoms with Crippen LogP contribution in [0.25, 0.3) is 0 Å². The molecule has 1 heteroatoms. The Bertz CT molecular complexity index is 444. The second kappa shape index (κ2) is 9.76. The first-order chi connectivity index (χ1) is 9.74. The van der Waals surface area contributed by atoms with Crippen molar-refractivity contribution in [3.63, 3.8) is 0 Å². The van der Waals surface area contributed by atoms with Crippen LogP contribution in [0, 0.1) is 11.8 Å². The van der Waals surface area contributed by atoms with E-state index in [2.05, 4.69) is 68.4 Å². The molecule has 1 nitrogen and oxygen atoms in total. The van der Waals surface area contributed by atoms with Gasteiger partial charge in [-0.25, -0.2) is 0 Å². The maximum absolute atomic E-state index is 4.81. The van der Waals surface area contributed by atoms with Gasteiger partial charge in [0.05, 0.1) is 5.71 Å². The zero-order chi connectivity index (χ0) is 16.6. The molecule has 0 aromatic carbocycles. The molecular weight excluding hydrogens is 254 g/mol. The molecule has 0 aliphatic heterocycles. The lowest BCUT2D eigenvalue weighted by Gasteiger charge is -2.15. The zero-order valence-corrected chi connectivity index (χ0v) is 15.7. The van der Waals surface area contributed by atoms with Crippen LogP contribution < -0.4 is 0 Å². The van der Waals surface area contributed by atoms with E-state index in [4.69, 9.17) is 4.99 Å². The van der Waals surface area contributed by atoms with E-state index in [9.17, 15) is 0 Å². The van der Waals surface area contributed by atoms with Gasteiger partial charge in [0, 0.05) is 6.20 Å². The smallest absolute Gasteiger partial charge is 0.0684 e. The molecule has 0 fully saturated rings. The van der Waals surface area contributed by atoms with Crippen molar-refractivity contribution in [3.05, 3.63) is 34.6 Å². The lowest BCUT2D eigenvalue weighted by molar-refractivity contribution is 0.695. The van der Waals surface area contributed by atoms with Gasteiger partial charge in [-0.1, -0.05) is 58.3 Å². The van der Waals surface area contributed by atoms with Crippen LogP contribution in [0.5, 0.6) is 0 Å². The van der Waals surface area contributed by atoms with Crippen LogP contribution in [0.15, 0.2) is 39.6 Å². The highest BCUT2D eigenvalue weighted by Gasteiger charge is 2.11. The van der Waals surface area contributed by atoms with Gasteiger partial charge in [-0.15, -0.1) is 0 Å². The molecule has 0 amide bonds. The fourth-order valence-electron chi connectivity index (χ4n) is 2.00. The predicted molar refractivity (Wildman–Crippen MR) is 97.9 cm³/mol. The molecule has 0 aliphatic rings. The van der Waals surface area contributed by atoms with E-state index in [1.807, 2.05) is 6.20 Å². The molecule has 0 saturated heterocycles. The number of nitrogens with zero attached hydrogens (tertiary/aromatic N) is 1. The molecule has 0 aromatic rings. The molecule has 21 heavy (non-hydrogen) atoms. The average Bonchev–Trinajstić information content (AvgIpc) is 2.45. The Morgan fingerprint density at radius 3 is 2.00 bits per heavy atom. The van der Waals surface area contributed by atoms with E-state index in [-0.39, 0.29) is 0 Å². The maximum atomic E-state index is 4.81. The Balaban J connectivity index is 5.82. The van der Waals surface area contributed by atoms with Gasteiger partial charge in [0.15, 0.2) is 0 Å². The first kappa shape index (κ1) is 19.9. The van der Waals surface area contributed by atoms with E-state index in [0.29, 0.717) is 11.8 Å². The summed E-state index contributed by atoms with van der Waals surface area (Å²) in [7, 11) is 0. The highest BCUT2D eigenvalue weighted by molar-refractivity contribution is 6.12. The van der Waals surface area contributed by atoms with E-state index < -0.39 is 0 Å². The van der Waals surface area contributed by atoms with Gasteiger partial charge in [-0.3, -0.25) is 4.99 Å². The van der Waals surface area contributed by atoms with Gasteiger partial charge in [0.1, 0.15) is 0 Å². The third-order valence-electron chi connectivity index (χ3n) is 4.34. The van der Waals surface area contributed by atoms with Crippen LogP contribution in [-0.2, 0) is 0 Å². The van der Waals surface area contributed by atoms with Crippen LogP contribution in [0.1, 0.15) is 75.2 Å². The molecule has 0 aromatic heterocycles. The normalized spacial score (nSPS) is 17.1. The summed E-state index contributed by atoms with van der Waals surface area (Å²) < 4.78 is 0. The Morgan fingerprint density at radius 1 is 1.00 bits per heavy atom. The van der Waals surface area contributed by atoms with Crippen LogP contribution in [-0.4, -0.2) is 5.71 Å². The van der Waals surface area contributed by atoms with Crippen molar-refractivity contribution < 1.29 is 0 Å². The van der Waals surface area contributed by atoms with E-state index in [1.165, 1.54) is 28.7 Å². The van der Waals surface area contributed by atoms with Crippen molar-refractivity contribution >= 4 is 5.71 Å². The van der Waals surface area contributed by atoms with Gasteiger partial charge in [-0.05, 0) is 57.1 Å². The van der Waals surface area contributed by atoms with Gasteiger partial charge in [-0.2, -0.15) is 0 Å². The Morgan fingerprint density at radius 2 is 1.57 bits per heavy atom. The molecule has 0 bridgehead atoms. The first-order valence-electron chi connectivity index (χ1n) is 8.34. The minimum absolute atomic E-state index is 0.558. The lowest BCUT2D eigenvalue weighted by Crippen LogP contribution is -2.08. The van der Waals surface area contributed by atoms with E-state index in [1.54, 1.807) is 0 Å². The van der Waals surface area contributed by atoms with Crippen LogP contribution in [0.4, 0.5) is 0 Å². The molecular formula is C20H35N. The highest BCUT2D eigenvalue weighted by Crippen LogP contribution is 2.20. The summed E-state index contributed by atoms with van der Waals surface area (Å²) in [5.74, 6) is 1.15. The summed E-state index contributed by atoms with van der Waals surface area (Å²) in [5.41, 5.74) is 6.51. The summed E-state index contributed by atoms with van der Waals surface area (Å²) in [6, 6.07) is 0. The highest BCUT2D eigenvalue weighted by atomic mass is 14.7. The van der Waals surface area contributed by atoms with E-state index >= 15 is 0 Å². The van der Waals surface area contributed by atoms with Gasteiger partial charge >= 0.3 is 0 Å². The van der Waals surface area contributed by atoms with Crippen LogP contribution >= 0.6 is 0 Å². The van der Waals surface area contributed by atoms with Crippen molar-refractivity contribution in [2.75, 3.05) is 0 Å². The number of aliphatic imine (C=N–C) groups is 1. The molecule has 120 valence electrons. The largest absolute Gasteiger partial charge is 0.256 e. The molecule has 0 aliphatic carbocycles.